The zero-order chi connectivity index (χ0) is 17.9. The fourth-order valence-corrected chi connectivity index (χ4v) is 3.87. The van der Waals surface area contributed by atoms with Crippen molar-refractivity contribution in [2.45, 2.75) is 44.6 Å². The number of fused-ring (bicyclic) bond motifs is 1. The van der Waals surface area contributed by atoms with Crippen LogP contribution in [0.2, 0.25) is 0 Å². The molecule has 1 aliphatic carbocycles. The molecule has 1 atom stereocenters. The summed E-state index contributed by atoms with van der Waals surface area (Å²) in [6.07, 6.45) is 5.60. The summed E-state index contributed by atoms with van der Waals surface area (Å²) < 4.78 is 5.38. The van der Waals surface area contributed by atoms with Gasteiger partial charge in [-0.2, -0.15) is 4.98 Å². The maximum Gasteiger partial charge on any atom is 0.227 e. The summed E-state index contributed by atoms with van der Waals surface area (Å²) in [7, 11) is 2.07. The Morgan fingerprint density at radius 1 is 1.30 bits per heavy atom. The predicted molar refractivity (Wildman–Crippen MR) is 106 cm³/mol. The van der Waals surface area contributed by atoms with Gasteiger partial charge in [0.25, 0.3) is 0 Å². The number of halogens is 1. The van der Waals surface area contributed by atoms with Crippen molar-refractivity contribution in [2.24, 2.45) is 0 Å². The van der Waals surface area contributed by atoms with Gasteiger partial charge in [-0.25, -0.2) is 0 Å². The number of carbonyl (C=O) groups excluding carboxylic acids is 1. The van der Waals surface area contributed by atoms with E-state index < -0.39 is 0 Å². The third kappa shape index (κ3) is 4.57. The van der Waals surface area contributed by atoms with E-state index >= 15 is 0 Å². The molecule has 146 valence electrons. The molecule has 1 unspecified atom stereocenters. The molecule has 1 N–H and O–H groups in total. The Labute approximate surface area is 166 Å². The molecular weight excluding hydrogens is 364 g/mol. The Morgan fingerprint density at radius 2 is 2.11 bits per heavy atom. The van der Waals surface area contributed by atoms with Gasteiger partial charge in [-0.05, 0) is 49.9 Å². The van der Waals surface area contributed by atoms with Crippen LogP contribution in [-0.4, -0.2) is 47.5 Å². The largest absolute Gasteiger partial charge is 0.339 e. The number of carbonyl (C=O) groups is 1. The summed E-state index contributed by atoms with van der Waals surface area (Å²) >= 11 is 0. The molecule has 7 heteroatoms. The predicted octanol–water partition coefficient (Wildman–Crippen LogP) is 2.76. The van der Waals surface area contributed by atoms with Gasteiger partial charge in [-0.15, -0.1) is 12.4 Å². The molecule has 2 aromatic rings. The average Bonchev–Trinajstić information content (AvgIpc) is 3.15. The van der Waals surface area contributed by atoms with Crippen LogP contribution in [0.25, 0.3) is 0 Å². The van der Waals surface area contributed by atoms with E-state index in [4.69, 9.17) is 4.52 Å². The topological polar surface area (TPSA) is 71.3 Å². The number of likely N-dealkylation sites (N-methyl/N-ethyl adjacent to an activating group) is 1. The summed E-state index contributed by atoms with van der Waals surface area (Å²) in [5.41, 5.74) is 3.55. The first-order valence-electron chi connectivity index (χ1n) is 9.59. The molecule has 1 aromatic heterocycles. The molecule has 0 bridgehead atoms. The summed E-state index contributed by atoms with van der Waals surface area (Å²) in [5.74, 6) is 1.40. The lowest BCUT2D eigenvalue weighted by atomic mass is 9.89. The number of ketones is 1. The van der Waals surface area contributed by atoms with Gasteiger partial charge in [0.2, 0.25) is 5.89 Å². The average molecular weight is 391 g/mol. The lowest BCUT2D eigenvalue weighted by Crippen LogP contribution is -2.44. The number of hydrogen-bond donors (Lipinski definition) is 1. The number of hydrogen-bond acceptors (Lipinski definition) is 6. The van der Waals surface area contributed by atoms with Crippen LogP contribution < -0.4 is 5.32 Å². The Kier molecular flexibility index (Phi) is 6.63. The zero-order valence-corrected chi connectivity index (χ0v) is 16.6. The van der Waals surface area contributed by atoms with Crippen LogP contribution in [-0.2, 0) is 19.3 Å². The van der Waals surface area contributed by atoms with E-state index in [1.807, 2.05) is 6.07 Å². The van der Waals surface area contributed by atoms with Gasteiger partial charge < -0.3 is 9.84 Å². The van der Waals surface area contributed by atoms with Crippen LogP contribution in [0.1, 0.15) is 58.5 Å². The molecule has 2 aliphatic rings. The SMILES string of the molecule is CN1CCNCC1c1noc(CCC(=O)c2ccc3c(c2)CCCC3)n1.Cl. The lowest BCUT2D eigenvalue weighted by Gasteiger charge is -2.30. The fraction of sp³-hybridized carbons (Fsp3) is 0.550. The van der Waals surface area contributed by atoms with E-state index in [9.17, 15) is 4.79 Å². The standard InChI is InChI=1S/C20H26N4O2.ClH/c1-24-11-10-21-13-17(24)20-22-19(26-23-20)9-8-18(25)16-7-6-14-4-2-3-5-15(14)12-16;/h6-7,12,17,21H,2-5,8-11,13H2,1H3;1H. The van der Waals surface area contributed by atoms with E-state index in [-0.39, 0.29) is 24.2 Å². The maximum absolute atomic E-state index is 12.6. The van der Waals surface area contributed by atoms with Crippen LogP contribution in [0.3, 0.4) is 0 Å². The van der Waals surface area contributed by atoms with Gasteiger partial charge in [0, 0.05) is 38.0 Å². The van der Waals surface area contributed by atoms with Crippen molar-refractivity contribution < 1.29 is 9.32 Å². The van der Waals surface area contributed by atoms with E-state index in [1.54, 1.807) is 0 Å². The minimum Gasteiger partial charge on any atom is -0.339 e. The van der Waals surface area contributed by atoms with Crippen molar-refractivity contribution in [1.82, 2.24) is 20.4 Å². The van der Waals surface area contributed by atoms with Crippen LogP contribution in [0, 0.1) is 0 Å². The van der Waals surface area contributed by atoms with Gasteiger partial charge in [0.05, 0.1) is 6.04 Å². The van der Waals surface area contributed by atoms with Crippen molar-refractivity contribution in [1.29, 1.82) is 0 Å². The third-order valence-electron chi connectivity index (χ3n) is 5.53. The van der Waals surface area contributed by atoms with Crippen molar-refractivity contribution in [3.8, 4) is 0 Å². The Bertz CT molecular complexity index is 792. The van der Waals surface area contributed by atoms with Crippen LogP contribution in [0.4, 0.5) is 0 Å². The number of rotatable bonds is 5. The van der Waals surface area contributed by atoms with Gasteiger partial charge in [0.1, 0.15) is 0 Å². The first-order valence-corrected chi connectivity index (χ1v) is 9.59. The normalized spacial score (nSPS) is 20.0. The highest BCUT2D eigenvalue weighted by Gasteiger charge is 2.25. The van der Waals surface area contributed by atoms with Gasteiger partial charge >= 0.3 is 0 Å². The highest BCUT2D eigenvalue weighted by atomic mass is 35.5. The quantitative estimate of drug-likeness (QED) is 0.791. The second kappa shape index (κ2) is 8.95. The Hall–Kier alpha value is -1.76. The molecular formula is C20H27ClN4O2. The minimum absolute atomic E-state index is 0. The van der Waals surface area contributed by atoms with E-state index in [0.29, 0.717) is 24.6 Å². The molecule has 0 saturated carbocycles. The molecule has 4 rings (SSSR count). The van der Waals surface area contributed by atoms with Crippen molar-refractivity contribution >= 4 is 18.2 Å². The van der Waals surface area contributed by atoms with E-state index in [1.165, 1.54) is 24.0 Å². The van der Waals surface area contributed by atoms with E-state index in [0.717, 1.165) is 38.0 Å². The number of benzene rings is 1. The second-order valence-electron chi connectivity index (χ2n) is 7.36. The first-order chi connectivity index (χ1) is 12.7. The highest BCUT2D eigenvalue weighted by Crippen LogP contribution is 2.23. The summed E-state index contributed by atoms with van der Waals surface area (Å²) in [4.78, 5) is 19.3. The van der Waals surface area contributed by atoms with Crippen molar-refractivity contribution in [2.75, 3.05) is 26.7 Å². The molecule has 0 radical (unpaired) electrons. The second-order valence-corrected chi connectivity index (χ2v) is 7.36. The number of piperazine rings is 1. The third-order valence-corrected chi connectivity index (χ3v) is 5.53. The fourth-order valence-electron chi connectivity index (χ4n) is 3.87. The van der Waals surface area contributed by atoms with Gasteiger partial charge in [-0.3, -0.25) is 9.69 Å². The maximum atomic E-state index is 12.6. The number of aromatic nitrogens is 2. The molecule has 0 spiro atoms. The van der Waals surface area contributed by atoms with Crippen LogP contribution >= 0.6 is 12.4 Å². The number of Topliss-reactive ketones (excluding diaryl/α,β-unsaturated/α-hetero) is 1. The Balaban J connectivity index is 0.00000210. The minimum atomic E-state index is 0. The van der Waals surface area contributed by atoms with Crippen molar-refractivity contribution in [3.63, 3.8) is 0 Å². The summed E-state index contributed by atoms with van der Waals surface area (Å²) in [6.45, 7) is 2.77. The zero-order valence-electron chi connectivity index (χ0n) is 15.7. The number of aryl methyl sites for hydroxylation is 3. The van der Waals surface area contributed by atoms with Crippen LogP contribution in [0.15, 0.2) is 22.7 Å². The van der Waals surface area contributed by atoms with Gasteiger partial charge in [-0.1, -0.05) is 17.3 Å². The molecule has 1 fully saturated rings. The summed E-state index contributed by atoms with van der Waals surface area (Å²) in [6, 6.07) is 6.31. The smallest absolute Gasteiger partial charge is 0.227 e. The number of nitrogens with zero attached hydrogens (tertiary/aromatic N) is 3. The molecule has 0 amide bonds. The Morgan fingerprint density at radius 3 is 2.93 bits per heavy atom. The van der Waals surface area contributed by atoms with Gasteiger partial charge in [0.15, 0.2) is 11.6 Å². The molecule has 2 heterocycles. The molecule has 1 aromatic carbocycles. The molecule has 1 aliphatic heterocycles. The van der Waals surface area contributed by atoms with Crippen LogP contribution in [0.5, 0.6) is 0 Å². The summed E-state index contributed by atoms with van der Waals surface area (Å²) in [5, 5.41) is 7.47. The molecule has 27 heavy (non-hydrogen) atoms. The first kappa shape index (κ1) is 20.0. The molecule has 6 nitrogen and oxygen atoms in total. The number of nitrogens with one attached hydrogen (secondary N) is 1. The van der Waals surface area contributed by atoms with E-state index in [2.05, 4.69) is 39.5 Å². The highest BCUT2D eigenvalue weighted by molar-refractivity contribution is 5.96. The van der Waals surface area contributed by atoms with Crippen molar-refractivity contribution in [3.05, 3.63) is 46.6 Å². The molecule has 1 saturated heterocycles. The monoisotopic (exact) mass is 390 g/mol. The lowest BCUT2D eigenvalue weighted by molar-refractivity contribution is 0.0979.